The van der Waals surface area contributed by atoms with Crippen LogP contribution in [0.1, 0.15) is 0 Å². The van der Waals surface area contributed by atoms with Gasteiger partial charge in [-0.25, -0.2) is 0 Å². The van der Waals surface area contributed by atoms with Gasteiger partial charge in [0.15, 0.2) is 0 Å². The first-order valence-electron chi connectivity index (χ1n) is 32.8. The highest BCUT2D eigenvalue weighted by molar-refractivity contribution is 7.00. The summed E-state index contributed by atoms with van der Waals surface area (Å²) in [5.41, 5.74) is 30.5. The lowest BCUT2D eigenvalue weighted by Gasteiger charge is -2.46. The summed E-state index contributed by atoms with van der Waals surface area (Å²) < 4.78 is 2.51. The van der Waals surface area contributed by atoms with Crippen LogP contribution in [0.5, 0.6) is 0 Å². The van der Waals surface area contributed by atoms with Crippen LogP contribution in [0.15, 0.2) is 370 Å². The van der Waals surface area contributed by atoms with Crippen molar-refractivity contribution in [3.8, 4) is 72.4 Å². The monoisotopic (exact) mass is 1210 g/mol. The largest absolute Gasteiger partial charge is 0.310 e. The van der Waals surface area contributed by atoms with E-state index in [2.05, 4.69) is 389 Å². The first-order valence-corrected chi connectivity index (χ1v) is 32.8. The molecule has 2 aliphatic rings. The van der Waals surface area contributed by atoms with Crippen molar-refractivity contribution < 1.29 is 0 Å². The molecule has 0 fully saturated rings. The molecule has 0 saturated carbocycles. The van der Waals surface area contributed by atoms with Gasteiger partial charge < -0.3 is 19.3 Å². The fourth-order valence-electron chi connectivity index (χ4n) is 15.2. The van der Waals surface area contributed by atoms with Crippen LogP contribution in [-0.2, 0) is 0 Å². The standard InChI is InChI=1S/C90H61BN4/c1-9-30-62(31-10-1)68-42-27-47-72(58-68)93-81-53-26-25-48-78(81)86-82(93)57-56-80-90(86)95(89-76(66-38-17-5-18-39-66)51-29-52-77(89)67-40-19-6-20-41-67)85-60-69(63-32-11-2-12-33-63)59-84-87(85)91(80)79-55-54-73(92(70-43-21-7-22-44-70)71-45-23-8-24-46-71)61-83(79)94(84)88-74(64-34-13-3-14-35-64)49-28-50-75(88)65-36-15-4-16-37-65/h1-61H. The molecule has 0 N–H and O–H groups in total. The van der Waals surface area contributed by atoms with Crippen molar-refractivity contribution >= 4 is 96.1 Å². The summed E-state index contributed by atoms with van der Waals surface area (Å²) in [6.07, 6.45) is 0. The molecular formula is C90H61BN4. The van der Waals surface area contributed by atoms with Gasteiger partial charge in [0, 0.05) is 72.8 Å². The van der Waals surface area contributed by atoms with Crippen LogP contribution in [0.3, 0.4) is 0 Å². The number of rotatable bonds is 12. The molecule has 18 rings (SSSR count). The van der Waals surface area contributed by atoms with Crippen LogP contribution >= 0.6 is 0 Å². The second-order valence-electron chi connectivity index (χ2n) is 24.7. The number of nitrogens with zero attached hydrogens (tertiary/aromatic N) is 4. The molecule has 0 saturated heterocycles. The molecule has 0 amide bonds. The van der Waals surface area contributed by atoms with Crippen LogP contribution < -0.4 is 31.1 Å². The fourth-order valence-corrected chi connectivity index (χ4v) is 15.2. The van der Waals surface area contributed by atoms with Crippen molar-refractivity contribution in [2.45, 2.75) is 0 Å². The third-order valence-corrected chi connectivity index (χ3v) is 19.3. The number of hydrogen-bond acceptors (Lipinski definition) is 3. The summed E-state index contributed by atoms with van der Waals surface area (Å²) in [4.78, 5) is 7.79. The molecule has 444 valence electrons. The zero-order chi connectivity index (χ0) is 62.8. The smallest absolute Gasteiger partial charge is 0.252 e. The average molecular weight is 1210 g/mol. The Morgan fingerprint density at radius 2 is 0.653 bits per heavy atom. The minimum Gasteiger partial charge on any atom is -0.310 e. The SMILES string of the molecule is c1ccc(-c2cccc(-n3c4ccccc4c4c5c(ccc43)B3c4ccc(N(c6ccccc6)c6ccccc6)cc4N(c4c(-c6ccccc6)cccc4-c4ccccc4)c4cc(-c6ccccc6)cc(c43)N5c3c(-c4ccccc4)cccc3-c3ccccc3)c2)cc1. The summed E-state index contributed by atoms with van der Waals surface area (Å²) in [6.45, 7) is -0.265. The lowest BCUT2D eigenvalue weighted by Crippen LogP contribution is -2.61. The van der Waals surface area contributed by atoms with E-state index in [9.17, 15) is 0 Å². The van der Waals surface area contributed by atoms with Gasteiger partial charge in [-0.2, -0.15) is 0 Å². The Kier molecular flexibility index (Phi) is 13.6. The van der Waals surface area contributed by atoms with Crippen molar-refractivity contribution in [2.75, 3.05) is 14.7 Å². The van der Waals surface area contributed by atoms with Gasteiger partial charge in [-0.3, -0.25) is 0 Å². The predicted molar refractivity (Wildman–Crippen MR) is 402 cm³/mol. The van der Waals surface area contributed by atoms with E-state index in [-0.39, 0.29) is 6.71 Å². The van der Waals surface area contributed by atoms with E-state index in [0.29, 0.717) is 0 Å². The van der Waals surface area contributed by atoms with Crippen LogP contribution in [0.25, 0.3) is 94.3 Å². The molecule has 15 aromatic carbocycles. The number of anilines is 9. The maximum atomic E-state index is 2.71. The van der Waals surface area contributed by atoms with Gasteiger partial charge in [0.25, 0.3) is 6.71 Å². The number of para-hydroxylation sites is 5. The van der Waals surface area contributed by atoms with Crippen LogP contribution in [-0.4, -0.2) is 11.3 Å². The van der Waals surface area contributed by atoms with Crippen molar-refractivity contribution in [1.29, 1.82) is 0 Å². The van der Waals surface area contributed by atoms with Crippen molar-refractivity contribution in [3.05, 3.63) is 370 Å². The summed E-state index contributed by atoms with van der Waals surface area (Å²) in [7, 11) is 0. The quantitative estimate of drug-likeness (QED) is 0.113. The zero-order valence-corrected chi connectivity index (χ0v) is 52.1. The maximum Gasteiger partial charge on any atom is 0.252 e. The van der Waals surface area contributed by atoms with E-state index in [1.807, 2.05) is 0 Å². The highest BCUT2D eigenvalue weighted by Crippen LogP contribution is 2.56. The summed E-state index contributed by atoms with van der Waals surface area (Å²) in [5, 5.41) is 2.36. The molecule has 0 radical (unpaired) electrons. The van der Waals surface area contributed by atoms with Crippen LogP contribution in [0.2, 0.25) is 0 Å². The Morgan fingerprint density at radius 1 is 0.242 bits per heavy atom. The van der Waals surface area contributed by atoms with Gasteiger partial charge in [0.2, 0.25) is 0 Å². The first kappa shape index (κ1) is 55.4. The highest BCUT2D eigenvalue weighted by atomic mass is 15.2. The highest BCUT2D eigenvalue weighted by Gasteiger charge is 2.47. The molecule has 0 bridgehead atoms. The Balaban J connectivity index is 1.03. The molecule has 0 spiro atoms. The van der Waals surface area contributed by atoms with E-state index in [1.165, 1.54) is 32.7 Å². The van der Waals surface area contributed by atoms with Crippen LogP contribution in [0, 0.1) is 0 Å². The Hall–Kier alpha value is -12.4. The molecule has 16 aromatic rings. The van der Waals surface area contributed by atoms with Gasteiger partial charge in [-0.1, -0.05) is 297 Å². The average Bonchev–Trinajstić information content (AvgIpc) is 1.64. The summed E-state index contributed by atoms with van der Waals surface area (Å²) in [6, 6.07) is 137. The third kappa shape index (κ3) is 9.38. The third-order valence-electron chi connectivity index (χ3n) is 19.3. The van der Waals surface area contributed by atoms with E-state index in [1.54, 1.807) is 0 Å². The van der Waals surface area contributed by atoms with Crippen LogP contribution in [0.4, 0.5) is 51.2 Å². The molecule has 4 nitrogen and oxygen atoms in total. The number of hydrogen-bond donors (Lipinski definition) is 0. The van der Waals surface area contributed by atoms with Crippen molar-refractivity contribution in [3.63, 3.8) is 0 Å². The van der Waals surface area contributed by atoms with E-state index < -0.39 is 0 Å². The van der Waals surface area contributed by atoms with Gasteiger partial charge in [0.05, 0.1) is 28.1 Å². The van der Waals surface area contributed by atoms with Gasteiger partial charge in [-0.15, -0.1) is 0 Å². The summed E-state index contributed by atoms with van der Waals surface area (Å²) >= 11 is 0. The maximum absolute atomic E-state index is 2.71. The lowest BCUT2D eigenvalue weighted by atomic mass is 9.33. The second-order valence-corrected chi connectivity index (χ2v) is 24.7. The fraction of sp³-hybridized carbons (Fsp3) is 0. The van der Waals surface area contributed by atoms with E-state index in [0.717, 1.165) is 129 Å². The number of aromatic nitrogens is 1. The molecule has 1 aromatic heterocycles. The van der Waals surface area contributed by atoms with Crippen molar-refractivity contribution in [1.82, 2.24) is 4.57 Å². The van der Waals surface area contributed by atoms with E-state index in [4.69, 9.17) is 0 Å². The topological polar surface area (TPSA) is 14.7 Å². The summed E-state index contributed by atoms with van der Waals surface area (Å²) in [5.74, 6) is 0. The van der Waals surface area contributed by atoms with Gasteiger partial charge in [-0.05, 0) is 134 Å². The molecule has 3 heterocycles. The predicted octanol–water partition coefficient (Wildman–Crippen LogP) is 22.3. The minimum atomic E-state index is -0.265. The lowest BCUT2D eigenvalue weighted by molar-refractivity contribution is 1.18. The minimum absolute atomic E-state index is 0.265. The first-order chi connectivity index (χ1) is 47.2. The molecule has 95 heavy (non-hydrogen) atoms. The normalized spacial score (nSPS) is 12.1. The molecule has 0 unspecified atom stereocenters. The molecule has 0 aliphatic carbocycles. The number of fused-ring (bicyclic) bond motifs is 8. The number of benzene rings is 15. The van der Waals surface area contributed by atoms with Gasteiger partial charge >= 0.3 is 0 Å². The van der Waals surface area contributed by atoms with Gasteiger partial charge in [0.1, 0.15) is 0 Å². The Labute approximate surface area is 554 Å². The zero-order valence-electron chi connectivity index (χ0n) is 52.1. The van der Waals surface area contributed by atoms with Crippen molar-refractivity contribution in [2.24, 2.45) is 0 Å². The Bertz CT molecular complexity index is 5370. The molecule has 2 aliphatic heterocycles. The molecular weight excluding hydrogens is 1150 g/mol. The van der Waals surface area contributed by atoms with E-state index >= 15 is 0 Å². The molecule has 5 heteroatoms. The second kappa shape index (κ2) is 23.4. The molecule has 0 atom stereocenters. The Morgan fingerprint density at radius 3 is 1.17 bits per heavy atom.